The Balaban J connectivity index is 1.25. The minimum absolute atomic E-state index is 0.405. The summed E-state index contributed by atoms with van der Waals surface area (Å²) in [5, 5.41) is 4.49. The number of anilines is 6. The Kier molecular flexibility index (Phi) is 7.96. The van der Waals surface area contributed by atoms with Gasteiger partial charge in [-0.15, -0.1) is 0 Å². The third kappa shape index (κ3) is 5.62. The number of rotatable bonds is 8. The van der Waals surface area contributed by atoms with E-state index in [1.807, 2.05) is 0 Å². The van der Waals surface area contributed by atoms with Crippen LogP contribution in [0.5, 0.6) is 0 Å². The average molecular weight is 710 g/mol. The molecule has 0 unspecified atom stereocenters. The second-order valence-corrected chi connectivity index (χ2v) is 14.4. The molecule has 2 aromatic heterocycles. The normalized spacial score (nSPS) is 11.6. The van der Waals surface area contributed by atoms with Crippen LogP contribution in [0.1, 0.15) is 25.3 Å². The minimum Gasteiger partial charge on any atom is -0.455 e. The topological polar surface area (TPSA) is 24.6 Å². The van der Waals surface area contributed by atoms with Crippen LogP contribution < -0.4 is 9.80 Å². The summed E-state index contributed by atoms with van der Waals surface area (Å²) in [6, 6.07) is 69.2. The molecule has 2 heterocycles. The highest BCUT2D eigenvalue weighted by molar-refractivity contribution is 6.24. The largest absolute Gasteiger partial charge is 0.455 e. The van der Waals surface area contributed by atoms with E-state index in [2.05, 4.69) is 222 Å². The van der Waals surface area contributed by atoms with E-state index in [1.165, 1.54) is 5.56 Å². The van der Waals surface area contributed by atoms with Gasteiger partial charge in [0.05, 0.1) is 16.4 Å². The fourth-order valence-electron chi connectivity index (χ4n) is 8.09. The number of fused-ring (bicyclic) bond motifs is 7. The lowest BCUT2D eigenvalue weighted by Gasteiger charge is -2.26. The van der Waals surface area contributed by atoms with Gasteiger partial charge in [0.1, 0.15) is 11.2 Å². The van der Waals surface area contributed by atoms with Gasteiger partial charge in [0.15, 0.2) is 0 Å². The van der Waals surface area contributed by atoms with Crippen molar-refractivity contribution in [2.24, 2.45) is 0 Å². The van der Waals surface area contributed by atoms with E-state index in [4.69, 9.17) is 4.42 Å². The molecular formula is C51H39N3O. The van der Waals surface area contributed by atoms with E-state index in [0.29, 0.717) is 5.92 Å². The van der Waals surface area contributed by atoms with Crippen LogP contribution in [0, 0.1) is 0 Å². The van der Waals surface area contributed by atoms with E-state index in [-0.39, 0.29) is 0 Å². The molecule has 0 saturated carbocycles. The van der Waals surface area contributed by atoms with Crippen LogP contribution >= 0.6 is 0 Å². The highest BCUT2D eigenvalue weighted by Crippen LogP contribution is 2.45. The van der Waals surface area contributed by atoms with Gasteiger partial charge < -0.3 is 18.8 Å². The first-order valence-corrected chi connectivity index (χ1v) is 19.0. The molecule has 0 N–H and O–H groups in total. The first-order chi connectivity index (χ1) is 27.1. The zero-order valence-corrected chi connectivity index (χ0v) is 30.8. The lowest BCUT2D eigenvalue weighted by atomic mass is 10.0. The van der Waals surface area contributed by atoms with Gasteiger partial charge in [-0.05, 0) is 115 Å². The van der Waals surface area contributed by atoms with Crippen LogP contribution in [-0.4, -0.2) is 4.57 Å². The molecule has 0 amide bonds. The molecule has 10 aromatic rings. The second kappa shape index (κ2) is 13.4. The standard InChI is InChI=1S/C51H39N3O/c1-35(2)36-26-28-44-45-29-31-48-50(51(45)55-49(44)32-36)46-34-43(53(39-20-11-5-12-21-39)40-22-13-6-14-23-40)27-30-47(46)54(48)42-25-15-24-41(33-42)52(37-16-7-3-8-17-37)38-18-9-4-10-19-38/h3-35H,1-2H3. The molecule has 4 heteroatoms. The Labute approximate surface area is 320 Å². The fraction of sp³-hybridized carbons (Fsp3) is 0.0588. The van der Waals surface area contributed by atoms with Crippen molar-refractivity contribution in [1.29, 1.82) is 0 Å². The van der Waals surface area contributed by atoms with E-state index < -0.39 is 0 Å². The van der Waals surface area contributed by atoms with E-state index in [1.54, 1.807) is 0 Å². The molecule has 0 atom stereocenters. The number of aromatic nitrogens is 1. The van der Waals surface area contributed by atoms with Gasteiger partial charge in [0.25, 0.3) is 0 Å². The number of hydrogen-bond acceptors (Lipinski definition) is 3. The Bertz CT molecular complexity index is 2870. The molecule has 0 spiro atoms. The van der Waals surface area contributed by atoms with Crippen molar-refractivity contribution in [1.82, 2.24) is 4.57 Å². The van der Waals surface area contributed by atoms with Gasteiger partial charge >= 0.3 is 0 Å². The fourth-order valence-corrected chi connectivity index (χ4v) is 8.09. The zero-order valence-electron chi connectivity index (χ0n) is 30.8. The van der Waals surface area contributed by atoms with Gasteiger partial charge in [-0.25, -0.2) is 0 Å². The summed E-state index contributed by atoms with van der Waals surface area (Å²) in [4.78, 5) is 4.64. The van der Waals surface area contributed by atoms with Gasteiger partial charge in [-0.3, -0.25) is 0 Å². The molecule has 0 fully saturated rings. The van der Waals surface area contributed by atoms with Crippen molar-refractivity contribution < 1.29 is 4.42 Å². The second-order valence-electron chi connectivity index (χ2n) is 14.4. The van der Waals surface area contributed by atoms with Gasteiger partial charge in [-0.1, -0.05) is 105 Å². The summed E-state index contributed by atoms with van der Waals surface area (Å²) >= 11 is 0. The monoisotopic (exact) mass is 709 g/mol. The number of benzene rings is 8. The Morgan fingerprint density at radius 1 is 0.418 bits per heavy atom. The summed E-state index contributed by atoms with van der Waals surface area (Å²) in [5.41, 5.74) is 12.9. The maximum absolute atomic E-state index is 6.93. The molecule has 8 aromatic carbocycles. The number of nitrogens with zero attached hydrogens (tertiary/aromatic N) is 3. The highest BCUT2D eigenvalue weighted by Gasteiger charge is 2.22. The SMILES string of the molecule is CC(C)c1ccc2c(c1)oc1c2ccc2c1c1cc(N(c3ccccc3)c3ccccc3)ccc1n2-c1cccc(N(c2ccccc2)c2ccccc2)c1. The van der Waals surface area contributed by atoms with Crippen LogP contribution in [0.3, 0.4) is 0 Å². The predicted octanol–water partition coefficient (Wildman–Crippen LogP) is 14.7. The summed E-state index contributed by atoms with van der Waals surface area (Å²) in [7, 11) is 0. The van der Waals surface area contributed by atoms with Gasteiger partial charge in [-0.2, -0.15) is 0 Å². The van der Waals surface area contributed by atoms with Crippen LogP contribution in [0.15, 0.2) is 199 Å². The van der Waals surface area contributed by atoms with Crippen molar-refractivity contribution in [3.8, 4) is 5.69 Å². The molecule has 0 radical (unpaired) electrons. The zero-order chi connectivity index (χ0) is 36.9. The van der Waals surface area contributed by atoms with Crippen LogP contribution in [0.4, 0.5) is 34.1 Å². The van der Waals surface area contributed by atoms with Crippen LogP contribution in [0.25, 0.3) is 49.4 Å². The molecule has 0 aliphatic rings. The summed E-state index contributed by atoms with van der Waals surface area (Å²) in [5.74, 6) is 0.405. The lowest BCUT2D eigenvalue weighted by Crippen LogP contribution is -2.10. The Morgan fingerprint density at radius 2 is 0.927 bits per heavy atom. The first kappa shape index (κ1) is 32.6. The lowest BCUT2D eigenvalue weighted by molar-refractivity contribution is 0.671. The average Bonchev–Trinajstić information content (AvgIpc) is 3.78. The molecular weight excluding hydrogens is 671 g/mol. The number of hydrogen-bond donors (Lipinski definition) is 0. The van der Waals surface area contributed by atoms with Crippen LogP contribution in [0.2, 0.25) is 0 Å². The van der Waals surface area contributed by atoms with E-state index in [9.17, 15) is 0 Å². The molecule has 0 bridgehead atoms. The molecule has 0 aliphatic heterocycles. The highest BCUT2D eigenvalue weighted by atomic mass is 16.3. The molecule has 264 valence electrons. The van der Waals surface area contributed by atoms with E-state index in [0.717, 1.165) is 83.6 Å². The maximum atomic E-state index is 6.93. The van der Waals surface area contributed by atoms with Crippen molar-refractivity contribution in [2.75, 3.05) is 9.80 Å². The summed E-state index contributed by atoms with van der Waals surface area (Å²) in [6.45, 7) is 4.46. The van der Waals surface area contributed by atoms with Gasteiger partial charge in [0, 0.05) is 56.0 Å². The molecule has 10 rings (SSSR count). The Morgan fingerprint density at radius 3 is 1.49 bits per heavy atom. The van der Waals surface area contributed by atoms with E-state index >= 15 is 0 Å². The predicted molar refractivity (Wildman–Crippen MR) is 232 cm³/mol. The number of para-hydroxylation sites is 4. The smallest absolute Gasteiger partial charge is 0.145 e. The van der Waals surface area contributed by atoms with Crippen LogP contribution in [-0.2, 0) is 0 Å². The Hall–Kier alpha value is -7.04. The van der Waals surface area contributed by atoms with Crippen molar-refractivity contribution >= 4 is 77.9 Å². The van der Waals surface area contributed by atoms with Crippen molar-refractivity contribution in [3.05, 3.63) is 200 Å². The minimum atomic E-state index is 0.405. The third-order valence-corrected chi connectivity index (χ3v) is 10.7. The first-order valence-electron chi connectivity index (χ1n) is 19.0. The van der Waals surface area contributed by atoms with Crippen molar-refractivity contribution in [3.63, 3.8) is 0 Å². The maximum Gasteiger partial charge on any atom is 0.145 e. The molecule has 0 aliphatic carbocycles. The quantitative estimate of drug-likeness (QED) is 0.157. The van der Waals surface area contributed by atoms with Crippen molar-refractivity contribution in [2.45, 2.75) is 19.8 Å². The summed E-state index contributed by atoms with van der Waals surface area (Å²) in [6.07, 6.45) is 0. The molecule has 4 nitrogen and oxygen atoms in total. The molecule has 55 heavy (non-hydrogen) atoms. The van der Waals surface area contributed by atoms with Gasteiger partial charge in [0.2, 0.25) is 0 Å². The number of furan rings is 1. The molecule has 0 saturated heterocycles. The summed E-state index contributed by atoms with van der Waals surface area (Å²) < 4.78 is 9.32. The third-order valence-electron chi connectivity index (χ3n) is 10.7.